The number of nitrogens with zero attached hydrogens (tertiary/aromatic N) is 1. The number of carbonyl (C=O) groups excluding carboxylic acids is 2. The Morgan fingerprint density at radius 2 is 1.92 bits per heavy atom. The summed E-state index contributed by atoms with van der Waals surface area (Å²) in [4.78, 5) is 27.8. The quantitative estimate of drug-likeness (QED) is 0.839. The van der Waals surface area contributed by atoms with E-state index in [1.807, 2.05) is 24.3 Å². The van der Waals surface area contributed by atoms with Crippen molar-refractivity contribution in [2.75, 3.05) is 4.90 Å². The van der Waals surface area contributed by atoms with Crippen molar-refractivity contribution in [2.24, 2.45) is 0 Å². The molecule has 0 atom stereocenters. The van der Waals surface area contributed by atoms with Gasteiger partial charge in [0, 0.05) is 22.6 Å². The first-order chi connectivity index (χ1) is 12.6. The molecule has 1 heterocycles. The highest BCUT2D eigenvalue weighted by molar-refractivity contribution is 8.04. The van der Waals surface area contributed by atoms with Crippen LogP contribution in [-0.4, -0.2) is 17.9 Å². The molecular formula is C20H17FN2O2S. The van der Waals surface area contributed by atoms with E-state index in [1.165, 1.54) is 28.8 Å². The van der Waals surface area contributed by atoms with Crippen molar-refractivity contribution < 1.29 is 14.0 Å². The predicted molar refractivity (Wildman–Crippen MR) is 99.1 cm³/mol. The van der Waals surface area contributed by atoms with Crippen LogP contribution in [0.15, 0.2) is 64.4 Å². The molecule has 2 aliphatic rings. The summed E-state index contributed by atoms with van der Waals surface area (Å²) in [5.41, 5.74) is 1.16. The van der Waals surface area contributed by atoms with E-state index in [9.17, 15) is 14.0 Å². The standard InChI is InChI=1S/C20H17FN2O2S/c21-15-6-2-1-5-13(15)12-23-16-7-3-4-8-17(16)26-18(20(23)25)11-19(24)22-14-9-10-14/h1-8,11,14H,9-10,12H2,(H,22,24). The third-order valence-corrected chi connectivity index (χ3v) is 5.38. The van der Waals surface area contributed by atoms with Crippen molar-refractivity contribution in [2.45, 2.75) is 30.3 Å². The second-order valence-electron chi connectivity index (χ2n) is 6.34. The van der Waals surface area contributed by atoms with E-state index in [1.54, 1.807) is 18.2 Å². The lowest BCUT2D eigenvalue weighted by atomic mass is 10.1. The number of hydrogen-bond donors (Lipinski definition) is 1. The zero-order chi connectivity index (χ0) is 18.1. The first-order valence-corrected chi connectivity index (χ1v) is 9.28. The molecule has 0 saturated heterocycles. The van der Waals surface area contributed by atoms with Gasteiger partial charge in [-0.25, -0.2) is 4.39 Å². The van der Waals surface area contributed by atoms with Crippen LogP contribution in [0.5, 0.6) is 0 Å². The van der Waals surface area contributed by atoms with Crippen LogP contribution >= 0.6 is 11.8 Å². The van der Waals surface area contributed by atoms with Gasteiger partial charge < -0.3 is 10.2 Å². The first-order valence-electron chi connectivity index (χ1n) is 8.46. The summed E-state index contributed by atoms with van der Waals surface area (Å²) in [7, 11) is 0. The van der Waals surface area contributed by atoms with Gasteiger partial charge in [-0.2, -0.15) is 0 Å². The molecule has 1 N–H and O–H groups in total. The molecule has 26 heavy (non-hydrogen) atoms. The number of fused-ring (bicyclic) bond motifs is 1. The maximum Gasteiger partial charge on any atom is 0.265 e. The van der Waals surface area contributed by atoms with Crippen LogP contribution in [-0.2, 0) is 16.1 Å². The summed E-state index contributed by atoms with van der Waals surface area (Å²) in [6, 6.07) is 14.1. The van der Waals surface area contributed by atoms with E-state index >= 15 is 0 Å². The Morgan fingerprint density at radius 3 is 2.69 bits per heavy atom. The van der Waals surface area contributed by atoms with Crippen molar-refractivity contribution in [3.05, 3.63) is 70.9 Å². The Labute approximate surface area is 155 Å². The lowest BCUT2D eigenvalue weighted by Gasteiger charge is -2.30. The Hall–Kier alpha value is -2.60. The smallest absolute Gasteiger partial charge is 0.265 e. The lowest BCUT2D eigenvalue weighted by Crippen LogP contribution is -2.35. The molecule has 1 aliphatic carbocycles. The molecule has 0 bridgehead atoms. The Balaban J connectivity index is 1.66. The number of benzene rings is 2. The average molecular weight is 368 g/mol. The summed E-state index contributed by atoms with van der Waals surface area (Å²) in [5, 5.41) is 2.86. The molecule has 1 fully saturated rings. The molecule has 1 aliphatic heterocycles. The number of carbonyl (C=O) groups is 2. The van der Waals surface area contributed by atoms with E-state index in [-0.39, 0.29) is 30.2 Å². The van der Waals surface area contributed by atoms with Gasteiger partial charge in [-0.15, -0.1) is 0 Å². The minimum atomic E-state index is -0.354. The number of halogens is 1. The van der Waals surface area contributed by atoms with Crippen molar-refractivity contribution in [3.8, 4) is 0 Å². The average Bonchev–Trinajstić information content (AvgIpc) is 3.44. The topological polar surface area (TPSA) is 49.4 Å². The number of rotatable bonds is 4. The van der Waals surface area contributed by atoms with Gasteiger partial charge in [-0.05, 0) is 31.0 Å². The summed E-state index contributed by atoms with van der Waals surface area (Å²) >= 11 is 1.27. The minimum Gasteiger partial charge on any atom is -0.350 e. The fourth-order valence-electron chi connectivity index (χ4n) is 2.81. The van der Waals surface area contributed by atoms with Gasteiger partial charge in [-0.1, -0.05) is 42.1 Å². The van der Waals surface area contributed by atoms with Gasteiger partial charge in [0.1, 0.15) is 5.82 Å². The summed E-state index contributed by atoms with van der Waals surface area (Å²) in [5.74, 6) is -0.899. The molecule has 4 nitrogen and oxygen atoms in total. The number of hydrogen-bond acceptors (Lipinski definition) is 3. The van der Waals surface area contributed by atoms with E-state index in [4.69, 9.17) is 0 Å². The SMILES string of the molecule is O=C(C=C1Sc2ccccc2N(Cc2ccccc2F)C1=O)NC1CC1. The number of thioether (sulfide) groups is 1. The van der Waals surface area contributed by atoms with Gasteiger partial charge in [0.2, 0.25) is 5.91 Å². The normalized spacial score (nSPS) is 18.0. The Morgan fingerprint density at radius 1 is 1.19 bits per heavy atom. The molecule has 0 unspecified atom stereocenters. The second kappa shape index (κ2) is 6.96. The maximum absolute atomic E-state index is 14.1. The monoisotopic (exact) mass is 368 g/mol. The van der Waals surface area contributed by atoms with Crippen molar-refractivity contribution >= 4 is 29.3 Å². The van der Waals surface area contributed by atoms with Gasteiger partial charge in [0.25, 0.3) is 5.91 Å². The number of amides is 2. The van der Waals surface area contributed by atoms with Crippen LogP contribution < -0.4 is 10.2 Å². The van der Waals surface area contributed by atoms with Crippen molar-refractivity contribution in [3.63, 3.8) is 0 Å². The van der Waals surface area contributed by atoms with E-state index < -0.39 is 0 Å². The van der Waals surface area contributed by atoms with Gasteiger partial charge in [0.15, 0.2) is 0 Å². The van der Waals surface area contributed by atoms with Crippen LogP contribution in [0.2, 0.25) is 0 Å². The van der Waals surface area contributed by atoms with Crippen LogP contribution in [0.4, 0.5) is 10.1 Å². The fourth-order valence-corrected chi connectivity index (χ4v) is 3.84. The number of para-hydroxylation sites is 1. The molecule has 132 valence electrons. The summed E-state index contributed by atoms with van der Waals surface area (Å²) in [6.07, 6.45) is 3.33. The predicted octanol–water partition coefficient (Wildman–Crippen LogP) is 3.63. The molecule has 2 aromatic carbocycles. The molecule has 6 heteroatoms. The molecule has 2 aromatic rings. The maximum atomic E-state index is 14.1. The first kappa shape index (κ1) is 16.8. The van der Waals surface area contributed by atoms with E-state index in [2.05, 4.69) is 5.32 Å². The zero-order valence-electron chi connectivity index (χ0n) is 13.9. The molecule has 0 spiro atoms. The summed E-state index contributed by atoms with van der Waals surface area (Å²) < 4.78 is 14.1. The van der Waals surface area contributed by atoms with Gasteiger partial charge >= 0.3 is 0 Å². The van der Waals surface area contributed by atoms with Crippen LogP contribution in [0.1, 0.15) is 18.4 Å². The molecule has 0 radical (unpaired) electrons. The highest BCUT2D eigenvalue weighted by atomic mass is 32.2. The van der Waals surface area contributed by atoms with Crippen molar-refractivity contribution in [1.29, 1.82) is 0 Å². The molecule has 2 amide bonds. The lowest BCUT2D eigenvalue weighted by molar-refractivity contribution is -0.118. The van der Waals surface area contributed by atoms with E-state index in [0.717, 1.165) is 23.4 Å². The second-order valence-corrected chi connectivity index (χ2v) is 7.43. The molecule has 1 saturated carbocycles. The number of nitrogens with one attached hydrogen (secondary N) is 1. The zero-order valence-corrected chi connectivity index (χ0v) is 14.8. The minimum absolute atomic E-state index is 0.116. The van der Waals surface area contributed by atoms with Crippen molar-refractivity contribution in [1.82, 2.24) is 5.32 Å². The van der Waals surface area contributed by atoms with Gasteiger partial charge in [-0.3, -0.25) is 9.59 Å². The highest BCUT2D eigenvalue weighted by Crippen LogP contribution is 2.42. The highest BCUT2D eigenvalue weighted by Gasteiger charge is 2.31. The third kappa shape index (κ3) is 3.51. The van der Waals surface area contributed by atoms with Crippen LogP contribution in [0, 0.1) is 5.82 Å². The molecule has 0 aromatic heterocycles. The Kier molecular flexibility index (Phi) is 4.51. The third-order valence-electron chi connectivity index (χ3n) is 4.30. The molecule has 4 rings (SSSR count). The van der Waals surface area contributed by atoms with E-state index in [0.29, 0.717) is 10.5 Å². The fraction of sp³-hybridized carbons (Fsp3) is 0.200. The van der Waals surface area contributed by atoms with Crippen LogP contribution in [0.3, 0.4) is 0 Å². The largest absolute Gasteiger partial charge is 0.350 e. The van der Waals surface area contributed by atoms with Crippen LogP contribution in [0.25, 0.3) is 0 Å². The Bertz CT molecular complexity index is 908. The van der Waals surface area contributed by atoms with Gasteiger partial charge in [0.05, 0.1) is 17.1 Å². The summed E-state index contributed by atoms with van der Waals surface area (Å²) in [6.45, 7) is 0.116. The number of anilines is 1. The molecular weight excluding hydrogens is 351 g/mol.